The summed E-state index contributed by atoms with van der Waals surface area (Å²) in [4.78, 5) is 49.0. The topological polar surface area (TPSA) is 104 Å². The molecular formula is C22H20F2N2O5. The highest BCUT2D eigenvalue weighted by molar-refractivity contribution is 6.09. The summed E-state index contributed by atoms with van der Waals surface area (Å²) in [6.07, 6.45) is -0.643. The molecule has 9 heteroatoms. The number of nitrogens with zero attached hydrogens (tertiary/aromatic N) is 1. The number of carbonyl (C=O) groups is 4. The van der Waals surface area contributed by atoms with E-state index in [0.29, 0.717) is 11.1 Å². The highest BCUT2D eigenvalue weighted by Crippen LogP contribution is 2.31. The fraction of sp³-hybridized carbons (Fsp3) is 0.273. The molecule has 0 saturated carbocycles. The maximum absolute atomic E-state index is 14.2. The number of hydrogen-bond acceptors (Lipinski definition) is 4. The zero-order valence-electron chi connectivity index (χ0n) is 16.4. The minimum Gasteiger partial charge on any atom is -0.480 e. The maximum atomic E-state index is 14.2. The minimum absolute atomic E-state index is 0.178. The largest absolute Gasteiger partial charge is 0.480 e. The lowest BCUT2D eigenvalue weighted by Gasteiger charge is -2.21. The van der Waals surface area contributed by atoms with Crippen molar-refractivity contribution in [2.75, 3.05) is 19.8 Å². The molecule has 2 amide bonds. The maximum Gasteiger partial charge on any atom is 0.326 e. The number of carboxylic acids is 1. The number of hydrogen-bond donors (Lipinski definition) is 2. The number of aliphatic carboxylic acids is 1. The Hall–Kier alpha value is -3.62. The summed E-state index contributed by atoms with van der Waals surface area (Å²) in [5.74, 6) is -3.11. The zero-order chi connectivity index (χ0) is 22.6. The molecule has 1 aliphatic rings. The summed E-state index contributed by atoms with van der Waals surface area (Å²) in [6.45, 7) is -2.66. The number of nitrogens with one attached hydrogen (secondary N) is 1. The smallest absolute Gasteiger partial charge is 0.326 e. The van der Waals surface area contributed by atoms with Gasteiger partial charge in [-0.3, -0.25) is 14.4 Å². The van der Waals surface area contributed by atoms with E-state index in [2.05, 4.69) is 5.32 Å². The molecule has 1 heterocycles. The average Bonchev–Trinajstić information content (AvgIpc) is 3.16. The molecule has 1 aliphatic heterocycles. The standard InChI is InChI=1S/C22H20F2N2O5/c23-12-22(24)10-17(21(30)31)26(13-22)18(27)11-25-20(29)16-8-6-15(7-9-16)19(28)14-4-2-1-3-5-14/h1-9,17H,10-13H2,(H,25,29)(H,30,31)/t17-,22-/m0/s1. The van der Waals surface area contributed by atoms with E-state index in [-0.39, 0.29) is 11.3 Å². The van der Waals surface area contributed by atoms with Gasteiger partial charge >= 0.3 is 5.97 Å². The molecule has 2 N–H and O–H groups in total. The molecule has 2 atom stereocenters. The van der Waals surface area contributed by atoms with Gasteiger partial charge in [0, 0.05) is 23.1 Å². The molecule has 3 rings (SSSR count). The lowest BCUT2D eigenvalue weighted by Crippen LogP contribution is -2.46. The number of alkyl halides is 2. The van der Waals surface area contributed by atoms with Gasteiger partial charge in [0.1, 0.15) is 12.7 Å². The molecule has 0 radical (unpaired) electrons. The first-order valence-electron chi connectivity index (χ1n) is 9.49. The lowest BCUT2D eigenvalue weighted by atomic mass is 10.0. The molecular weight excluding hydrogens is 410 g/mol. The first kappa shape index (κ1) is 22.1. The Bertz CT molecular complexity index is 997. The normalized spacial score (nSPS) is 20.3. The van der Waals surface area contributed by atoms with Gasteiger partial charge in [-0.25, -0.2) is 13.6 Å². The molecule has 31 heavy (non-hydrogen) atoms. The number of rotatable bonds is 7. The molecule has 0 unspecified atom stereocenters. The summed E-state index contributed by atoms with van der Waals surface area (Å²) in [5.41, 5.74) is -1.35. The Morgan fingerprint density at radius 1 is 1.00 bits per heavy atom. The van der Waals surface area contributed by atoms with E-state index in [4.69, 9.17) is 0 Å². The summed E-state index contributed by atoms with van der Waals surface area (Å²) >= 11 is 0. The molecule has 7 nitrogen and oxygen atoms in total. The Labute approximate surface area is 176 Å². The van der Waals surface area contributed by atoms with Gasteiger partial charge in [0.15, 0.2) is 11.5 Å². The second-order valence-corrected chi connectivity index (χ2v) is 7.32. The molecule has 1 fully saturated rings. The first-order chi connectivity index (χ1) is 14.7. The van der Waals surface area contributed by atoms with Crippen molar-refractivity contribution in [3.05, 3.63) is 71.3 Å². The third-order valence-electron chi connectivity index (χ3n) is 5.08. The minimum atomic E-state index is -2.41. The van der Waals surface area contributed by atoms with Crippen LogP contribution in [0.25, 0.3) is 0 Å². The van der Waals surface area contributed by atoms with Crippen LogP contribution < -0.4 is 5.32 Å². The number of halogens is 2. The van der Waals surface area contributed by atoms with Gasteiger partial charge in [-0.05, 0) is 12.1 Å². The van der Waals surface area contributed by atoms with E-state index >= 15 is 0 Å². The van der Waals surface area contributed by atoms with Crippen LogP contribution in [0.4, 0.5) is 8.78 Å². The van der Waals surface area contributed by atoms with Gasteiger partial charge in [0.25, 0.3) is 5.91 Å². The molecule has 0 spiro atoms. The Balaban J connectivity index is 1.61. The van der Waals surface area contributed by atoms with Gasteiger partial charge in [-0.1, -0.05) is 42.5 Å². The molecule has 0 aromatic heterocycles. The first-order valence-corrected chi connectivity index (χ1v) is 9.49. The molecule has 0 aliphatic carbocycles. The summed E-state index contributed by atoms with van der Waals surface area (Å²) in [5, 5.41) is 11.5. The molecule has 0 bridgehead atoms. The zero-order valence-corrected chi connectivity index (χ0v) is 16.4. The Morgan fingerprint density at radius 2 is 1.58 bits per heavy atom. The van der Waals surface area contributed by atoms with E-state index < -0.39 is 55.7 Å². The number of ketones is 1. The van der Waals surface area contributed by atoms with Crippen LogP contribution >= 0.6 is 0 Å². The number of likely N-dealkylation sites (tertiary alicyclic amines) is 1. The van der Waals surface area contributed by atoms with E-state index in [9.17, 15) is 33.1 Å². The summed E-state index contributed by atoms with van der Waals surface area (Å²) in [6, 6.07) is 12.9. The van der Waals surface area contributed by atoms with Crippen LogP contribution in [0, 0.1) is 0 Å². The Kier molecular flexibility index (Phi) is 6.43. The number of benzene rings is 2. The number of carbonyl (C=O) groups excluding carboxylic acids is 3. The molecule has 2 aromatic carbocycles. The average molecular weight is 430 g/mol. The van der Waals surface area contributed by atoms with Crippen molar-refractivity contribution in [1.82, 2.24) is 10.2 Å². The Morgan fingerprint density at radius 3 is 2.16 bits per heavy atom. The van der Waals surface area contributed by atoms with Gasteiger partial charge in [0.2, 0.25) is 5.91 Å². The molecule has 1 saturated heterocycles. The van der Waals surface area contributed by atoms with Crippen LogP contribution in [0.5, 0.6) is 0 Å². The SMILES string of the molecule is O=C(NCC(=O)N1C[C@@](F)(CF)C[C@H]1C(=O)O)c1ccc(C(=O)c2ccccc2)cc1. The summed E-state index contributed by atoms with van der Waals surface area (Å²) < 4.78 is 27.1. The molecule has 162 valence electrons. The van der Waals surface area contributed by atoms with Crippen LogP contribution in [-0.2, 0) is 9.59 Å². The lowest BCUT2D eigenvalue weighted by molar-refractivity contribution is -0.147. The fourth-order valence-electron chi connectivity index (χ4n) is 3.40. The second-order valence-electron chi connectivity index (χ2n) is 7.32. The summed E-state index contributed by atoms with van der Waals surface area (Å²) in [7, 11) is 0. The van der Waals surface area contributed by atoms with Crippen molar-refractivity contribution in [3.63, 3.8) is 0 Å². The van der Waals surface area contributed by atoms with E-state index in [0.717, 1.165) is 4.90 Å². The van der Waals surface area contributed by atoms with Crippen molar-refractivity contribution in [2.24, 2.45) is 0 Å². The predicted molar refractivity (Wildman–Crippen MR) is 106 cm³/mol. The highest BCUT2D eigenvalue weighted by atomic mass is 19.2. The van der Waals surface area contributed by atoms with Gasteiger partial charge in [-0.2, -0.15) is 0 Å². The van der Waals surface area contributed by atoms with Crippen molar-refractivity contribution >= 4 is 23.6 Å². The molecule has 2 aromatic rings. The number of amides is 2. The van der Waals surface area contributed by atoms with Crippen molar-refractivity contribution in [1.29, 1.82) is 0 Å². The van der Waals surface area contributed by atoms with Crippen LogP contribution in [-0.4, -0.2) is 65.0 Å². The highest BCUT2D eigenvalue weighted by Gasteiger charge is 2.49. The number of carboxylic acid groups (broad SMARTS) is 1. The van der Waals surface area contributed by atoms with E-state index in [1.807, 2.05) is 0 Å². The predicted octanol–water partition coefficient (Wildman–Crippen LogP) is 2.01. The van der Waals surface area contributed by atoms with Crippen molar-refractivity contribution in [2.45, 2.75) is 18.1 Å². The monoisotopic (exact) mass is 430 g/mol. The quantitative estimate of drug-likeness (QED) is 0.654. The van der Waals surface area contributed by atoms with Crippen molar-refractivity contribution in [3.8, 4) is 0 Å². The van der Waals surface area contributed by atoms with Crippen LogP contribution in [0.3, 0.4) is 0 Å². The van der Waals surface area contributed by atoms with Crippen molar-refractivity contribution < 1.29 is 33.1 Å². The second kappa shape index (κ2) is 9.03. The van der Waals surface area contributed by atoms with Gasteiger partial charge in [-0.15, -0.1) is 0 Å². The van der Waals surface area contributed by atoms with Crippen LogP contribution in [0.1, 0.15) is 32.7 Å². The van der Waals surface area contributed by atoms with Gasteiger partial charge in [0.05, 0.1) is 13.1 Å². The third-order valence-corrected chi connectivity index (χ3v) is 5.08. The van der Waals surface area contributed by atoms with Gasteiger partial charge < -0.3 is 15.3 Å². The van der Waals surface area contributed by atoms with E-state index in [1.165, 1.54) is 24.3 Å². The van der Waals surface area contributed by atoms with Crippen LogP contribution in [0.15, 0.2) is 54.6 Å². The fourth-order valence-corrected chi connectivity index (χ4v) is 3.40. The van der Waals surface area contributed by atoms with E-state index in [1.54, 1.807) is 30.3 Å². The van der Waals surface area contributed by atoms with Crippen LogP contribution in [0.2, 0.25) is 0 Å². The third kappa shape index (κ3) is 4.93.